The van der Waals surface area contributed by atoms with Crippen LogP contribution >= 0.6 is 13.5 Å². The predicted octanol–water partition coefficient (Wildman–Crippen LogP) is 4.69. The van der Waals surface area contributed by atoms with E-state index in [1.165, 1.54) is 37.9 Å². The number of hydrogen-bond donors (Lipinski definition) is 1. The molecular weight excluding hydrogens is 448 g/mol. The van der Waals surface area contributed by atoms with Gasteiger partial charge in [0, 0.05) is 18.6 Å². The van der Waals surface area contributed by atoms with Gasteiger partial charge in [-0.25, -0.2) is 4.98 Å². The van der Waals surface area contributed by atoms with Gasteiger partial charge in [-0.15, -0.1) is 0 Å². The zero-order valence-corrected chi connectivity index (χ0v) is 16.7. The van der Waals surface area contributed by atoms with E-state index in [0.29, 0.717) is 6.07 Å². The summed E-state index contributed by atoms with van der Waals surface area (Å²) in [5.41, 5.74) is -3.03. The molecule has 2 heterocycles. The predicted molar refractivity (Wildman–Crippen MR) is 103 cm³/mol. The van der Waals surface area contributed by atoms with Crippen LogP contribution in [0.3, 0.4) is 0 Å². The van der Waals surface area contributed by atoms with Crippen molar-refractivity contribution in [3.63, 3.8) is 0 Å². The van der Waals surface area contributed by atoms with Crippen molar-refractivity contribution in [2.24, 2.45) is 0 Å². The van der Waals surface area contributed by atoms with Crippen molar-refractivity contribution < 1.29 is 31.1 Å². The molecule has 3 aromatic rings. The Morgan fingerprint density at radius 2 is 1.77 bits per heavy atom. The highest BCUT2D eigenvalue weighted by atomic mass is 32.1. The fraction of sp³-hybridized carbons (Fsp3) is 0.222. The highest BCUT2D eigenvalue weighted by molar-refractivity contribution is 7.59. The first-order chi connectivity index (χ1) is 14.0. The van der Waals surface area contributed by atoms with Crippen LogP contribution in [0, 0.1) is 0 Å². The number of halogens is 6. The van der Waals surface area contributed by atoms with E-state index in [2.05, 4.69) is 20.4 Å². The van der Waals surface area contributed by atoms with Crippen LogP contribution in [0.15, 0.2) is 49.2 Å². The number of benzene rings is 1. The molecule has 3 rings (SSSR count). The van der Waals surface area contributed by atoms with Gasteiger partial charge >= 0.3 is 12.4 Å². The Labute approximate surface area is 178 Å². The number of nitrogens with one attached hydrogen (secondary N) is 1. The molecule has 166 valence electrons. The van der Waals surface area contributed by atoms with E-state index < -0.39 is 41.0 Å². The molecule has 1 N–H and O–H groups in total. The fourth-order valence-corrected chi connectivity index (χ4v) is 2.71. The van der Waals surface area contributed by atoms with Crippen LogP contribution < -0.4 is 5.32 Å². The van der Waals surface area contributed by atoms with Gasteiger partial charge in [0.15, 0.2) is 0 Å². The maximum Gasteiger partial charge on any atom is 0.416 e. The third-order valence-electron chi connectivity index (χ3n) is 4.19. The van der Waals surface area contributed by atoms with Gasteiger partial charge in [-0.05, 0) is 24.6 Å². The second kappa shape index (κ2) is 8.96. The maximum atomic E-state index is 13.4. The van der Waals surface area contributed by atoms with Crippen LogP contribution in [-0.4, -0.2) is 25.7 Å². The minimum Gasteiger partial charge on any atom is -0.318 e. The maximum absolute atomic E-state index is 13.4. The third kappa shape index (κ3) is 5.54. The molecular formula is C18H15F6N5OS. The van der Waals surface area contributed by atoms with Gasteiger partial charge in [0.2, 0.25) is 0 Å². The first-order valence-electron chi connectivity index (χ1n) is 8.36. The van der Waals surface area contributed by atoms with E-state index in [4.69, 9.17) is 0 Å². The van der Waals surface area contributed by atoms with Crippen molar-refractivity contribution in [3.8, 4) is 0 Å². The van der Waals surface area contributed by atoms with Crippen LogP contribution in [0.5, 0.6) is 0 Å². The Kier molecular flexibility index (Phi) is 6.99. The summed E-state index contributed by atoms with van der Waals surface area (Å²) in [6.45, 7) is 1.35. The van der Waals surface area contributed by atoms with Crippen LogP contribution in [0.2, 0.25) is 0 Å². The summed E-state index contributed by atoms with van der Waals surface area (Å²) in [7, 11) is 0. The summed E-state index contributed by atoms with van der Waals surface area (Å²) >= 11 is 0. The van der Waals surface area contributed by atoms with Crippen molar-refractivity contribution in [1.82, 2.24) is 19.7 Å². The van der Waals surface area contributed by atoms with Crippen molar-refractivity contribution in [2.75, 3.05) is 5.32 Å². The Morgan fingerprint density at radius 1 is 1.06 bits per heavy atom. The van der Waals surface area contributed by atoms with E-state index >= 15 is 0 Å². The summed E-state index contributed by atoms with van der Waals surface area (Å²) in [5, 5.41) is 6.37. The van der Waals surface area contributed by atoms with Gasteiger partial charge in [0.1, 0.15) is 5.69 Å². The van der Waals surface area contributed by atoms with E-state index in [1.807, 2.05) is 0 Å². The smallest absolute Gasteiger partial charge is 0.318 e. The Bertz CT molecular complexity index is 1050. The van der Waals surface area contributed by atoms with Gasteiger partial charge in [-0.1, -0.05) is 6.07 Å². The Morgan fingerprint density at radius 3 is 2.35 bits per heavy atom. The molecule has 1 aromatic carbocycles. The standard InChI is InChI=1S/C18H13F6N5O.H2S/c1-10(13-3-2-11(17(19,20)21)6-14(13)18(22,23)24)29-9-12(7-27-29)28-16(30)15-8-25-4-5-26-15;/h2-10H,1H3,(H,28,30);1H2/t10-;/m0./s1. The topological polar surface area (TPSA) is 72.7 Å². The SMILES string of the molecule is C[C@@H](c1ccc(C(F)(F)F)cc1C(F)(F)F)n1cc(NC(=O)c2cnccn2)cn1.S. The lowest BCUT2D eigenvalue weighted by atomic mass is 9.98. The lowest BCUT2D eigenvalue weighted by molar-refractivity contribution is -0.143. The summed E-state index contributed by atoms with van der Waals surface area (Å²) in [6, 6.07) is 0.370. The molecule has 0 saturated carbocycles. The van der Waals surface area contributed by atoms with Gasteiger partial charge in [-0.3, -0.25) is 14.5 Å². The van der Waals surface area contributed by atoms with E-state index in [0.717, 1.165) is 10.7 Å². The molecule has 0 aliphatic heterocycles. The molecule has 31 heavy (non-hydrogen) atoms. The quantitative estimate of drug-likeness (QED) is 0.570. The number of carbonyl (C=O) groups is 1. The third-order valence-corrected chi connectivity index (χ3v) is 4.19. The first-order valence-corrected chi connectivity index (χ1v) is 8.36. The minimum absolute atomic E-state index is 0. The molecule has 0 aliphatic carbocycles. The lowest BCUT2D eigenvalue weighted by Gasteiger charge is -2.20. The minimum atomic E-state index is -5.00. The number of anilines is 1. The second-order valence-corrected chi connectivity index (χ2v) is 6.23. The molecule has 1 amide bonds. The van der Waals surface area contributed by atoms with Crippen LogP contribution in [0.1, 0.15) is 40.1 Å². The number of carbonyl (C=O) groups excluding carboxylic acids is 1. The molecule has 2 aromatic heterocycles. The largest absolute Gasteiger partial charge is 0.416 e. The van der Waals surface area contributed by atoms with Crippen LogP contribution in [0.25, 0.3) is 0 Å². The molecule has 0 saturated heterocycles. The highest BCUT2D eigenvalue weighted by Crippen LogP contribution is 2.39. The fourth-order valence-electron chi connectivity index (χ4n) is 2.71. The average molecular weight is 463 g/mol. The number of rotatable bonds is 4. The molecule has 0 fully saturated rings. The molecule has 0 spiro atoms. The normalized spacial score (nSPS) is 12.7. The molecule has 0 radical (unpaired) electrons. The summed E-state index contributed by atoms with van der Waals surface area (Å²) in [4.78, 5) is 19.6. The van der Waals surface area contributed by atoms with E-state index in [9.17, 15) is 31.1 Å². The molecule has 0 unspecified atom stereocenters. The van der Waals surface area contributed by atoms with Crippen molar-refractivity contribution >= 4 is 25.1 Å². The zero-order valence-electron chi connectivity index (χ0n) is 15.7. The Balaban J connectivity index is 0.00000341. The second-order valence-electron chi connectivity index (χ2n) is 6.23. The van der Waals surface area contributed by atoms with Gasteiger partial charge in [0.05, 0.1) is 35.2 Å². The summed E-state index contributed by atoms with van der Waals surface area (Å²) in [6.07, 6.45) is -3.55. The number of alkyl halides is 6. The summed E-state index contributed by atoms with van der Waals surface area (Å²) in [5.74, 6) is -0.610. The van der Waals surface area contributed by atoms with E-state index in [1.54, 1.807) is 0 Å². The number of hydrogen-bond acceptors (Lipinski definition) is 4. The van der Waals surface area contributed by atoms with Gasteiger partial charge in [0.25, 0.3) is 5.91 Å². The molecule has 0 aliphatic rings. The first kappa shape index (κ1) is 24.2. The number of amides is 1. The summed E-state index contributed by atoms with van der Waals surface area (Å²) < 4.78 is 79.8. The lowest BCUT2D eigenvalue weighted by Crippen LogP contribution is -2.18. The molecule has 0 bridgehead atoms. The number of nitrogens with zero attached hydrogens (tertiary/aromatic N) is 4. The van der Waals surface area contributed by atoms with Gasteiger partial charge in [-0.2, -0.15) is 44.9 Å². The Hall–Kier alpha value is -3.09. The monoisotopic (exact) mass is 463 g/mol. The number of aromatic nitrogens is 4. The van der Waals surface area contributed by atoms with Crippen LogP contribution in [0.4, 0.5) is 32.0 Å². The zero-order chi connectivity index (χ0) is 22.1. The van der Waals surface area contributed by atoms with Crippen molar-refractivity contribution in [3.05, 3.63) is 71.6 Å². The highest BCUT2D eigenvalue weighted by Gasteiger charge is 2.39. The molecule has 6 nitrogen and oxygen atoms in total. The average Bonchev–Trinajstić information content (AvgIpc) is 3.14. The van der Waals surface area contributed by atoms with Gasteiger partial charge < -0.3 is 5.32 Å². The van der Waals surface area contributed by atoms with E-state index in [-0.39, 0.29) is 30.9 Å². The van der Waals surface area contributed by atoms with Crippen LogP contribution in [-0.2, 0) is 12.4 Å². The van der Waals surface area contributed by atoms with Crippen molar-refractivity contribution in [2.45, 2.75) is 25.3 Å². The van der Waals surface area contributed by atoms with Crippen molar-refractivity contribution in [1.29, 1.82) is 0 Å². The molecule has 1 atom stereocenters. The molecule has 13 heteroatoms.